The van der Waals surface area contributed by atoms with Crippen LogP contribution in [0, 0.1) is 0 Å². The Morgan fingerprint density at radius 1 is 0.600 bits per heavy atom. The van der Waals surface area contributed by atoms with Gasteiger partial charge >= 0.3 is 0 Å². The molecule has 0 bridgehead atoms. The second kappa shape index (κ2) is 14.5. The lowest BCUT2D eigenvalue weighted by atomic mass is 10.1. The lowest BCUT2D eigenvalue weighted by molar-refractivity contribution is 0.290. The second-order valence-electron chi connectivity index (χ2n) is 7.66. The lowest BCUT2D eigenvalue weighted by Gasteiger charge is -2.11. The molecular formula is C27H38O3. The smallest absolute Gasteiger partial charge is 0.123 e. The van der Waals surface area contributed by atoms with E-state index in [1.54, 1.807) is 7.11 Å². The average molecular weight is 411 g/mol. The van der Waals surface area contributed by atoms with Gasteiger partial charge in [-0.25, -0.2) is 0 Å². The van der Waals surface area contributed by atoms with Crippen LogP contribution in [0.3, 0.4) is 0 Å². The van der Waals surface area contributed by atoms with Crippen molar-refractivity contribution in [3.8, 4) is 17.2 Å². The van der Waals surface area contributed by atoms with Crippen molar-refractivity contribution in [2.45, 2.75) is 65.2 Å². The van der Waals surface area contributed by atoms with Gasteiger partial charge in [0, 0.05) is 6.07 Å². The standard InChI is InChI=1S/C27H38O3/c1-4-6-8-10-18-29-26-20-24(13-12-23-14-16-25(28-3)17-15-23)21-27(22-26)30-19-11-9-7-5-2/h12-17,20-22H,4-11,18-19H2,1-3H3/b13-12+. The van der Waals surface area contributed by atoms with E-state index in [1.165, 1.54) is 38.5 Å². The van der Waals surface area contributed by atoms with Crippen molar-refractivity contribution in [3.63, 3.8) is 0 Å². The number of ether oxygens (including phenoxy) is 3. The van der Waals surface area contributed by atoms with Crippen molar-refractivity contribution in [3.05, 3.63) is 53.6 Å². The predicted molar refractivity (Wildman–Crippen MR) is 128 cm³/mol. The third-order valence-electron chi connectivity index (χ3n) is 5.02. The summed E-state index contributed by atoms with van der Waals surface area (Å²) in [7, 11) is 1.68. The van der Waals surface area contributed by atoms with Gasteiger partial charge in [0.25, 0.3) is 0 Å². The summed E-state index contributed by atoms with van der Waals surface area (Å²) in [6.07, 6.45) is 13.8. The van der Waals surface area contributed by atoms with Crippen molar-refractivity contribution in [1.29, 1.82) is 0 Å². The van der Waals surface area contributed by atoms with Gasteiger partial charge < -0.3 is 14.2 Å². The molecule has 0 atom stereocenters. The van der Waals surface area contributed by atoms with Gasteiger partial charge in [0.2, 0.25) is 0 Å². The first kappa shape index (κ1) is 23.9. The molecule has 0 heterocycles. The molecule has 2 aromatic carbocycles. The molecule has 0 unspecified atom stereocenters. The predicted octanol–water partition coefficient (Wildman–Crippen LogP) is 7.78. The molecule has 0 aliphatic carbocycles. The normalized spacial score (nSPS) is 11.0. The minimum atomic E-state index is 0.752. The summed E-state index contributed by atoms with van der Waals surface area (Å²) in [5.41, 5.74) is 2.21. The van der Waals surface area contributed by atoms with Crippen molar-refractivity contribution < 1.29 is 14.2 Å². The zero-order chi connectivity index (χ0) is 21.4. The summed E-state index contributed by atoms with van der Waals surface area (Å²) in [5.74, 6) is 2.63. The number of hydrogen-bond acceptors (Lipinski definition) is 3. The molecule has 0 aliphatic rings. The minimum Gasteiger partial charge on any atom is -0.497 e. The van der Waals surface area contributed by atoms with Gasteiger partial charge in [-0.3, -0.25) is 0 Å². The highest BCUT2D eigenvalue weighted by Crippen LogP contribution is 2.25. The number of unbranched alkanes of at least 4 members (excludes halogenated alkanes) is 6. The van der Waals surface area contributed by atoms with Crippen LogP contribution in [0.15, 0.2) is 42.5 Å². The van der Waals surface area contributed by atoms with Crippen molar-refractivity contribution in [2.24, 2.45) is 0 Å². The highest BCUT2D eigenvalue weighted by molar-refractivity contribution is 5.71. The van der Waals surface area contributed by atoms with E-state index in [1.807, 2.05) is 18.2 Å². The topological polar surface area (TPSA) is 27.7 Å². The molecule has 2 aromatic rings. The molecule has 0 aromatic heterocycles. The number of rotatable bonds is 15. The van der Waals surface area contributed by atoms with Gasteiger partial charge in [0.15, 0.2) is 0 Å². The van der Waals surface area contributed by atoms with E-state index in [4.69, 9.17) is 14.2 Å². The molecule has 0 aliphatic heterocycles. The Kier molecular flexibility index (Phi) is 11.6. The van der Waals surface area contributed by atoms with Gasteiger partial charge in [-0.05, 0) is 48.2 Å². The Morgan fingerprint density at radius 2 is 1.13 bits per heavy atom. The molecule has 0 saturated heterocycles. The SMILES string of the molecule is CCCCCCOc1cc(/C=C/c2ccc(OC)cc2)cc(OCCCCCC)c1. The fourth-order valence-electron chi connectivity index (χ4n) is 3.20. The first-order chi connectivity index (χ1) is 14.7. The van der Waals surface area contributed by atoms with Crippen molar-refractivity contribution >= 4 is 12.2 Å². The second-order valence-corrected chi connectivity index (χ2v) is 7.66. The van der Waals surface area contributed by atoms with E-state index in [0.29, 0.717) is 0 Å². The first-order valence-corrected chi connectivity index (χ1v) is 11.5. The van der Waals surface area contributed by atoms with Crippen LogP contribution in [-0.4, -0.2) is 20.3 Å². The van der Waals surface area contributed by atoms with E-state index in [-0.39, 0.29) is 0 Å². The van der Waals surface area contributed by atoms with Crippen LogP contribution < -0.4 is 14.2 Å². The van der Waals surface area contributed by atoms with Crippen LogP contribution in [0.25, 0.3) is 12.2 Å². The summed E-state index contributed by atoms with van der Waals surface area (Å²) in [6.45, 7) is 5.95. The lowest BCUT2D eigenvalue weighted by Crippen LogP contribution is -2.00. The number of benzene rings is 2. The fraction of sp³-hybridized carbons (Fsp3) is 0.481. The molecule has 0 radical (unpaired) electrons. The average Bonchev–Trinajstić information content (AvgIpc) is 2.78. The number of hydrogen-bond donors (Lipinski definition) is 0. The van der Waals surface area contributed by atoms with E-state index >= 15 is 0 Å². The molecule has 0 amide bonds. The third-order valence-corrected chi connectivity index (χ3v) is 5.02. The van der Waals surface area contributed by atoms with Gasteiger partial charge in [0.1, 0.15) is 17.2 Å². The molecule has 3 nitrogen and oxygen atoms in total. The Balaban J connectivity index is 2.03. The Labute approximate surface area is 183 Å². The summed E-state index contributed by atoms with van der Waals surface area (Å²) in [5, 5.41) is 0. The zero-order valence-electron chi connectivity index (χ0n) is 19.0. The van der Waals surface area contributed by atoms with Crippen LogP contribution in [0.5, 0.6) is 17.2 Å². The summed E-state index contributed by atoms with van der Waals surface area (Å²) >= 11 is 0. The fourth-order valence-corrected chi connectivity index (χ4v) is 3.20. The molecule has 3 heteroatoms. The van der Waals surface area contributed by atoms with E-state index in [2.05, 4.69) is 50.3 Å². The third kappa shape index (κ3) is 9.39. The molecule has 164 valence electrons. The summed E-state index contributed by atoms with van der Waals surface area (Å²) < 4.78 is 17.3. The zero-order valence-corrected chi connectivity index (χ0v) is 19.0. The van der Waals surface area contributed by atoms with Gasteiger partial charge in [-0.2, -0.15) is 0 Å². The Bertz CT molecular complexity index is 702. The molecule has 0 fully saturated rings. The summed E-state index contributed by atoms with van der Waals surface area (Å²) in [6, 6.07) is 14.2. The number of methoxy groups -OCH3 is 1. The Morgan fingerprint density at radius 3 is 1.63 bits per heavy atom. The van der Waals surface area contributed by atoms with E-state index in [0.717, 1.165) is 54.4 Å². The van der Waals surface area contributed by atoms with Crippen LogP contribution >= 0.6 is 0 Å². The van der Waals surface area contributed by atoms with E-state index < -0.39 is 0 Å². The van der Waals surface area contributed by atoms with Gasteiger partial charge in [-0.1, -0.05) is 76.7 Å². The van der Waals surface area contributed by atoms with Gasteiger partial charge in [-0.15, -0.1) is 0 Å². The molecule has 0 N–H and O–H groups in total. The maximum atomic E-state index is 6.03. The van der Waals surface area contributed by atoms with E-state index in [9.17, 15) is 0 Å². The minimum absolute atomic E-state index is 0.752. The van der Waals surface area contributed by atoms with Crippen LogP contribution in [0.4, 0.5) is 0 Å². The first-order valence-electron chi connectivity index (χ1n) is 11.5. The maximum absolute atomic E-state index is 6.03. The quantitative estimate of drug-likeness (QED) is 0.221. The Hall–Kier alpha value is -2.42. The van der Waals surface area contributed by atoms with Crippen molar-refractivity contribution in [1.82, 2.24) is 0 Å². The molecule has 0 saturated carbocycles. The summed E-state index contributed by atoms with van der Waals surface area (Å²) in [4.78, 5) is 0. The molecule has 2 rings (SSSR count). The maximum Gasteiger partial charge on any atom is 0.123 e. The van der Waals surface area contributed by atoms with Crippen LogP contribution in [0.1, 0.15) is 76.3 Å². The molecule has 30 heavy (non-hydrogen) atoms. The molecular weight excluding hydrogens is 372 g/mol. The van der Waals surface area contributed by atoms with Crippen molar-refractivity contribution in [2.75, 3.05) is 20.3 Å². The molecule has 0 spiro atoms. The largest absolute Gasteiger partial charge is 0.497 e. The van der Waals surface area contributed by atoms with Crippen LogP contribution in [0.2, 0.25) is 0 Å². The highest BCUT2D eigenvalue weighted by atomic mass is 16.5. The van der Waals surface area contributed by atoms with Crippen LogP contribution in [-0.2, 0) is 0 Å². The highest BCUT2D eigenvalue weighted by Gasteiger charge is 2.03. The van der Waals surface area contributed by atoms with Gasteiger partial charge in [0.05, 0.1) is 20.3 Å². The monoisotopic (exact) mass is 410 g/mol.